The van der Waals surface area contributed by atoms with E-state index in [9.17, 15) is 14.4 Å². The van der Waals surface area contributed by atoms with Gasteiger partial charge in [-0.1, -0.05) is 12.8 Å². The van der Waals surface area contributed by atoms with Crippen LogP contribution in [0.5, 0.6) is 0 Å². The number of rotatable bonds is 4. The molecule has 1 aromatic carbocycles. The van der Waals surface area contributed by atoms with Crippen molar-refractivity contribution in [1.29, 1.82) is 0 Å². The zero-order valence-electron chi connectivity index (χ0n) is 12.9. The molecule has 0 saturated heterocycles. The number of likely N-dealkylation sites (N-methyl/N-ethyl adjacent to an activating group) is 1. The van der Waals surface area contributed by atoms with Gasteiger partial charge in [-0.05, 0) is 31.0 Å². The monoisotopic (exact) mass is 317 g/mol. The van der Waals surface area contributed by atoms with E-state index in [2.05, 4.69) is 4.98 Å². The van der Waals surface area contributed by atoms with Gasteiger partial charge in [0.15, 0.2) is 0 Å². The van der Waals surface area contributed by atoms with Gasteiger partial charge in [-0.25, -0.2) is 4.79 Å². The highest BCUT2D eigenvalue weighted by molar-refractivity contribution is 5.98. The third-order valence-corrected chi connectivity index (χ3v) is 4.37. The maximum Gasteiger partial charge on any atom is 0.326 e. The highest BCUT2D eigenvalue weighted by Gasteiger charge is 2.22. The Morgan fingerprint density at radius 3 is 2.70 bits per heavy atom. The average Bonchev–Trinajstić information content (AvgIpc) is 3.10. The minimum Gasteiger partial charge on any atom is -0.480 e. The van der Waals surface area contributed by atoms with Crippen molar-refractivity contribution in [1.82, 2.24) is 14.5 Å². The lowest BCUT2D eigenvalue weighted by Crippen LogP contribution is -2.31. The summed E-state index contributed by atoms with van der Waals surface area (Å²) in [6, 6.07) is 5.23. The number of aromatic nitrogens is 2. The van der Waals surface area contributed by atoms with E-state index in [0.29, 0.717) is 11.1 Å². The van der Waals surface area contributed by atoms with Crippen LogP contribution in [0.3, 0.4) is 0 Å². The molecule has 0 aliphatic heterocycles. The zero-order chi connectivity index (χ0) is 16.6. The Bertz CT molecular complexity index is 814. The predicted octanol–water partition coefficient (Wildman–Crippen LogP) is 1.60. The first kappa shape index (κ1) is 15.3. The van der Waals surface area contributed by atoms with Crippen LogP contribution in [0.4, 0.5) is 0 Å². The molecule has 7 nitrogen and oxygen atoms in total. The van der Waals surface area contributed by atoms with Crippen molar-refractivity contribution in [3.05, 3.63) is 34.2 Å². The summed E-state index contributed by atoms with van der Waals surface area (Å²) < 4.78 is 1.78. The second-order valence-corrected chi connectivity index (χ2v) is 6.03. The molecular weight excluding hydrogens is 298 g/mol. The summed E-state index contributed by atoms with van der Waals surface area (Å²) in [5.74, 6) is -1.45. The molecule has 23 heavy (non-hydrogen) atoms. The molecule has 0 atom stereocenters. The lowest BCUT2D eigenvalue weighted by Gasteiger charge is -2.15. The zero-order valence-corrected chi connectivity index (χ0v) is 12.9. The first-order chi connectivity index (χ1) is 11.0. The molecule has 3 rings (SSSR count). The van der Waals surface area contributed by atoms with Gasteiger partial charge in [0.25, 0.3) is 5.91 Å². The van der Waals surface area contributed by atoms with E-state index < -0.39 is 5.97 Å². The van der Waals surface area contributed by atoms with Crippen molar-refractivity contribution in [2.45, 2.75) is 31.7 Å². The van der Waals surface area contributed by atoms with E-state index in [0.717, 1.165) is 36.1 Å². The molecule has 1 amide bonds. The first-order valence-electron chi connectivity index (χ1n) is 7.69. The number of fused-ring (bicyclic) bond motifs is 1. The summed E-state index contributed by atoms with van der Waals surface area (Å²) in [6.07, 6.45) is 4.24. The third-order valence-electron chi connectivity index (χ3n) is 4.37. The van der Waals surface area contributed by atoms with E-state index in [-0.39, 0.29) is 24.2 Å². The summed E-state index contributed by atoms with van der Waals surface area (Å²) >= 11 is 0. The lowest BCUT2D eigenvalue weighted by molar-refractivity contribution is -0.137. The fraction of sp³-hybridized carbons (Fsp3) is 0.438. The van der Waals surface area contributed by atoms with Crippen molar-refractivity contribution >= 4 is 22.9 Å². The van der Waals surface area contributed by atoms with Gasteiger partial charge in [-0.3, -0.25) is 14.2 Å². The van der Waals surface area contributed by atoms with Gasteiger partial charge in [-0.15, -0.1) is 0 Å². The molecular formula is C16H19N3O4. The van der Waals surface area contributed by atoms with E-state index in [1.165, 1.54) is 7.05 Å². The molecule has 0 spiro atoms. The Balaban J connectivity index is 1.95. The Hall–Kier alpha value is -2.57. The maximum atomic E-state index is 12.2. The molecule has 1 aliphatic rings. The summed E-state index contributed by atoms with van der Waals surface area (Å²) in [4.78, 5) is 39.1. The first-order valence-corrected chi connectivity index (χ1v) is 7.69. The number of hydrogen-bond donors (Lipinski definition) is 2. The smallest absolute Gasteiger partial charge is 0.326 e. The number of aromatic amines is 1. The quantitative estimate of drug-likeness (QED) is 0.895. The van der Waals surface area contributed by atoms with Crippen LogP contribution in [0, 0.1) is 0 Å². The van der Waals surface area contributed by atoms with Crippen LogP contribution < -0.4 is 5.69 Å². The number of carbonyl (C=O) groups is 2. The summed E-state index contributed by atoms with van der Waals surface area (Å²) in [6.45, 7) is -0.365. The predicted molar refractivity (Wildman–Crippen MR) is 84.7 cm³/mol. The molecule has 1 heterocycles. The van der Waals surface area contributed by atoms with Crippen LogP contribution in [-0.2, 0) is 4.79 Å². The molecule has 1 fully saturated rings. The third kappa shape index (κ3) is 2.86. The SMILES string of the molecule is CN(CC(=O)O)C(=O)c1ccc2c(c1)[nH]c(=O)n2C1CCCC1. The van der Waals surface area contributed by atoms with Crippen molar-refractivity contribution in [3.8, 4) is 0 Å². The molecule has 2 aromatic rings. The molecule has 1 aromatic heterocycles. The molecule has 1 aliphatic carbocycles. The van der Waals surface area contributed by atoms with E-state index in [1.54, 1.807) is 22.8 Å². The molecule has 0 radical (unpaired) electrons. The Morgan fingerprint density at radius 1 is 1.35 bits per heavy atom. The fourth-order valence-electron chi connectivity index (χ4n) is 3.28. The van der Waals surface area contributed by atoms with Crippen LogP contribution in [0.1, 0.15) is 42.1 Å². The van der Waals surface area contributed by atoms with Crippen molar-refractivity contribution < 1.29 is 14.7 Å². The Labute approximate surface area is 132 Å². The number of hydrogen-bond acceptors (Lipinski definition) is 3. The summed E-state index contributed by atoms with van der Waals surface area (Å²) in [5, 5.41) is 8.77. The number of imidazole rings is 1. The van der Waals surface area contributed by atoms with Gasteiger partial charge in [0, 0.05) is 18.7 Å². The summed E-state index contributed by atoms with van der Waals surface area (Å²) in [7, 11) is 1.44. The highest BCUT2D eigenvalue weighted by atomic mass is 16.4. The van der Waals surface area contributed by atoms with E-state index in [1.807, 2.05) is 0 Å². The Morgan fingerprint density at radius 2 is 2.04 bits per heavy atom. The van der Waals surface area contributed by atoms with Crippen LogP contribution in [0.25, 0.3) is 11.0 Å². The lowest BCUT2D eigenvalue weighted by atomic mass is 10.1. The van der Waals surface area contributed by atoms with Gasteiger partial charge < -0.3 is 15.0 Å². The maximum absolute atomic E-state index is 12.2. The Kier molecular flexibility index (Phi) is 3.94. The van der Waals surface area contributed by atoms with Crippen molar-refractivity contribution in [2.24, 2.45) is 0 Å². The van der Waals surface area contributed by atoms with Gasteiger partial charge >= 0.3 is 11.7 Å². The van der Waals surface area contributed by atoms with Crippen molar-refractivity contribution in [2.75, 3.05) is 13.6 Å². The van der Waals surface area contributed by atoms with E-state index >= 15 is 0 Å². The number of nitrogens with zero attached hydrogens (tertiary/aromatic N) is 2. The van der Waals surface area contributed by atoms with Crippen LogP contribution in [0.15, 0.2) is 23.0 Å². The molecule has 1 saturated carbocycles. The van der Waals surface area contributed by atoms with Crippen LogP contribution >= 0.6 is 0 Å². The average molecular weight is 317 g/mol. The number of nitrogens with one attached hydrogen (secondary N) is 1. The minimum absolute atomic E-state index is 0.157. The standard InChI is InChI=1S/C16H19N3O4/c1-18(9-14(20)21)15(22)10-6-7-13-12(8-10)17-16(23)19(13)11-4-2-3-5-11/h6-8,11H,2-5,9H2,1H3,(H,17,23)(H,20,21). The fourth-order valence-corrected chi connectivity index (χ4v) is 3.28. The van der Waals surface area contributed by atoms with Gasteiger partial charge in [0.05, 0.1) is 11.0 Å². The van der Waals surface area contributed by atoms with Crippen LogP contribution in [0.2, 0.25) is 0 Å². The van der Waals surface area contributed by atoms with Gasteiger partial charge in [-0.2, -0.15) is 0 Å². The van der Waals surface area contributed by atoms with E-state index in [4.69, 9.17) is 5.11 Å². The number of H-pyrrole nitrogens is 1. The van der Waals surface area contributed by atoms with Crippen LogP contribution in [-0.4, -0.2) is 45.0 Å². The number of carbonyl (C=O) groups excluding carboxylic acids is 1. The minimum atomic E-state index is -1.07. The largest absolute Gasteiger partial charge is 0.480 e. The molecule has 0 unspecified atom stereocenters. The number of carboxylic acid groups (broad SMARTS) is 1. The van der Waals surface area contributed by atoms with Crippen molar-refractivity contribution in [3.63, 3.8) is 0 Å². The summed E-state index contributed by atoms with van der Waals surface area (Å²) in [5.41, 5.74) is 1.60. The second kappa shape index (κ2) is 5.91. The number of carboxylic acids is 1. The molecule has 0 bridgehead atoms. The normalized spacial score (nSPS) is 15.2. The molecule has 7 heteroatoms. The number of amides is 1. The number of aliphatic carboxylic acids is 1. The molecule has 122 valence electrons. The highest BCUT2D eigenvalue weighted by Crippen LogP contribution is 2.30. The second-order valence-electron chi connectivity index (χ2n) is 6.03. The molecule has 2 N–H and O–H groups in total. The van der Waals surface area contributed by atoms with Gasteiger partial charge in [0.1, 0.15) is 6.54 Å². The van der Waals surface area contributed by atoms with Gasteiger partial charge in [0.2, 0.25) is 0 Å². The number of benzene rings is 1. The topological polar surface area (TPSA) is 95.4 Å².